The van der Waals surface area contributed by atoms with E-state index in [0.717, 1.165) is 24.0 Å². The van der Waals surface area contributed by atoms with Gasteiger partial charge in [-0.25, -0.2) is 0 Å². The summed E-state index contributed by atoms with van der Waals surface area (Å²) in [6.07, 6.45) is 3.21. The van der Waals surface area contributed by atoms with Gasteiger partial charge in [0.15, 0.2) is 0 Å². The molecule has 2 aliphatic heterocycles. The van der Waals surface area contributed by atoms with E-state index in [4.69, 9.17) is 4.74 Å². The fraction of sp³-hybridized carbons (Fsp3) is 0.407. The van der Waals surface area contributed by atoms with E-state index in [9.17, 15) is 24.3 Å². The number of aliphatic carboxylic acids is 1. The highest BCUT2D eigenvalue weighted by Gasteiger charge is 2.44. The van der Waals surface area contributed by atoms with Gasteiger partial charge < -0.3 is 14.7 Å². The number of amides is 3. The number of hydrogen-bond acceptors (Lipinski definition) is 5. The van der Waals surface area contributed by atoms with Crippen molar-refractivity contribution in [2.24, 2.45) is 11.8 Å². The Morgan fingerprint density at radius 2 is 1.66 bits per heavy atom. The fourth-order valence-corrected chi connectivity index (χ4v) is 5.78. The Bertz CT molecular complexity index is 1170. The van der Waals surface area contributed by atoms with Crippen LogP contribution in [-0.2, 0) is 16.0 Å². The van der Waals surface area contributed by atoms with E-state index < -0.39 is 23.8 Å². The largest absolute Gasteiger partial charge is 0.497 e. The van der Waals surface area contributed by atoms with Crippen LogP contribution in [-0.4, -0.2) is 58.8 Å². The van der Waals surface area contributed by atoms with Crippen LogP contribution in [0.15, 0.2) is 42.5 Å². The second-order valence-corrected chi connectivity index (χ2v) is 9.46. The summed E-state index contributed by atoms with van der Waals surface area (Å²) in [5.41, 5.74) is 2.56. The standard InChI is InChI=1S/C27H28N2O6/c1-35-17-11-10-16-12-13-28(24(30)20-8-4-5-9-21(20)27(33)34)23(22(16)14-17)15-29-25(31)18-6-2-3-7-19(18)26(29)32/h2-3,6-7,10-11,14,20-21,23H,4-5,8-9,12-13,15H2,1H3,(H,33,34)/t20-,21+,23-/m1/s1. The molecule has 182 valence electrons. The van der Waals surface area contributed by atoms with E-state index in [2.05, 4.69) is 0 Å². The van der Waals surface area contributed by atoms with Crippen LogP contribution in [0.2, 0.25) is 0 Å². The summed E-state index contributed by atoms with van der Waals surface area (Å²) in [5, 5.41) is 9.76. The van der Waals surface area contributed by atoms with Gasteiger partial charge >= 0.3 is 5.97 Å². The van der Waals surface area contributed by atoms with Gasteiger partial charge in [0.05, 0.1) is 42.7 Å². The van der Waals surface area contributed by atoms with Crippen molar-refractivity contribution in [2.75, 3.05) is 20.2 Å². The van der Waals surface area contributed by atoms with E-state index >= 15 is 0 Å². The highest BCUT2D eigenvalue weighted by Crippen LogP contribution is 2.39. The van der Waals surface area contributed by atoms with Crippen molar-refractivity contribution < 1.29 is 29.0 Å². The zero-order chi connectivity index (χ0) is 24.7. The summed E-state index contributed by atoms with van der Waals surface area (Å²) in [5.74, 6) is -2.64. The average molecular weight is 477 g/mol. The summed E-state index contributed by atoms with van der Waals surface area (Å²) < 4.78 is 5.42. The molecule has 0 saturated heterocycles. The molecular formula is C27H28N2O6. The lowest BCUT2D eigenvalue weighted by molar-refractivity contribution is -0.153. The van der Waals surface area contributed by atoms with E-state index in [1.54, 1.807) is 36.3 Å². The number of carboxylic acids is 1. The molecule has 1 aliphatic carbocycles. The Morgan fingerprint density at radius 3 is 2.29 bits per heavy atom. The number of carboxylic acid groups (broad SMARTS) is 1. The lowest BCUT2D eigenvalue weighted by Crippen LogP contribution is -2.50. The maximum Gasteiger partial charge on any atom is 0.307 e. The van der Waals surface area contributed by atoms with Gasteiger partial charge in [0.25, 0.3) is 11.8 Å². The van der Waals surface area contributed by atoms with Crippen LogP contribution in [0.5, 0.6) is 5.75 Å². The number of carbonyl (C=O) groups is 4. The Kier molecular flexibility index (Phi) is 6.05. The minimum Gasteiger partial charge on any atom is -0.497 e. The van der Waals surface area contributed by atoms with E-state index in [1.807, 2.05) is 18.2 Å². The van der Waals surface area contributed by atoms with Gasteiger partial charge in [0.2, 0.25) is 5.91 Å². The molecule has 3 amide bonds. The first-order valence-corrected chi connectivity index (χ1v) is 12.1. The van der Waals surface area contributed by atoms with Crippen LogP contribution in [0.4, 0.5) is 0 Å². The van der Waals surface area contributed by atoms with Gasteiger partial charge in [-0.3, -0.25) is 24.1 Å². The minimum atomic E-state index is -0.945. The Labute approximate surface area is 203 Å². The van der Waals surface area contributed by atoms with Crippen molar-refractivity contribution in [1.29, 1.82) is 0 Å². The number of nitrogens with zero attached hydrogens (tertiary/aromatic N) is 2. The Hall–Kier alpha value is -3.68. The molecule has 2 aromatic rings. The summed E-state index contributed by atoms with van der Waals surface area (Å²) in [7, 11) is 1.56. The quantitative estimate of drug-likeness (QED) is 0.664. The second kappa shape index (κ2) is 9.17. The Balaban J connectivity index is 1.52. The van der Waals surface area contributed by atoms with E-state index in [1.165, 1.54) is 4.90 Å². The normalized spacial score (nSPS) is 23.6. The smallest absolute Gasteiger partial charge is 0.307 e. The lowest BCUT2D eigenvalue weighted by Gasteiger charge is -2.42. The van der Waals surface area contributed by atoms with E-state index in [0.29, 0.717) is 42.7 Å². The van der Waals surface area contributed by atoms with Gasteiger partial charge in [-0.15, -0.1) is 0 Å². The summed E-state index contributed by atoms with van der Waals surface area (Å²) in [6.45, 7) is 0.400. The number of rotatable bonds is 5. The molecule has 8 nitrogen and oxygen atoms in total. The Morgan fingerprint density at radius 1 is 1.00 bits per heavy atom. The van der Waals surface area contributed by atoms with Crippen molar-refractivity contribution in [3.63, 3.8) is 0 Å². The van der Waals surface area contributed by atoms with Gasteiger partial charge in [-0.1, -0.05) is 31.0 Å². The maximum atomic E-state index is 13.8. The molecule has 8 heteroatoms. The number of ether oxygens (including phenoxy) is 1. The van der Waals surface area contributed by atoms with Gasteiger partial charge in [-0.2, -0.15) is 0 Å². The predicted octanol–water partition coefficient (Wildman–Crippen LogP) is 3.31. The summed E-state index contributed by atoms with van der Waals surface area (Å²) in [4.78, 5) is 54.9. The number of hydrogen-bond donors (Lipinski definition) is 1. The molecule has 35 heavy (non-hydrogen) atoms. The minimum absolute atomic E-state index is 0.00269. The first kappa shape index (κ1) is 23.1. The summed E-state index contributed by atoms with van der Waals surface area (Å²) >= 11 is 0. The maximum absolute atomic E-state index is 13.8. The average Bonchev–Trinajstić information content (AvgIpc) is 3.13. The molecule has 5 rings (SSSR count). The number of imide groups is 1. The zero-order valence-electron chi connectivity index (χ0n) is 19.6. The van der Waals surface area contributed by atoms with Crippen LogP contribution < -0.4 is 4.74 Å². The monoisotopic (exact) mass is 476 g/mol. The molecule has 1 N–H and O–H groups in total. The second-order valence-electron chi connectivity index (χ2n) is 9.46. The highest BCUT2D eigenvalue weighted by atomic mass is 16.5. The lowest BCUT2D eigenvalue weighted by atomic mass is 9.77. The van der Waals surface area contributed by atoms with Gasteiger partial charge in [-0.05, 0) is 54.7 Å². The van der Waals surface area contributed by atoms with Crippen LogP contribution in [0.3, 0.4) is 0 Å². The van der Waals surface area contributed by atoms with Crippen LogP contribution in [0, 0.1) is 11.8 Å². The van der Waals surface area contributed by atoms with Crippen molar-refractivity contribution in [1.82, 2.24) is 9.80 Å². The molecular weight excluding hydrogens is 448 g/mol. The summed E-state index contributed by atoms with van der Waals surface area (Å²) in [6, 6.07) is 11.8. The van der Waals surface area contributed by atoms with Crippen molar-refractivity contribution in [2.45, 2.75) is 38.1 Å². The number of fused-ring (bicyclic) bond motifs is 2. The van der Waals surface area contributed by atoms with E-state index in [-0.39, 0.29) is 24.3 Å². The molecule has 2 heterocycles. The van der Waals surface area contributed by atoms with Gasteiger partial charge in [0.1, 0.15) is 5.75 Å². The first-order valence-electron chi connectivity index (χ1n) is 12.1. The molecule has 0 aromatic heterocycles. The van der Waals surface area contributed by atoms with Crippen molar-refractivity contribution in [3.8, 4) is 5.75 Å². The molecule has 2 aromatic carbocycles. The highest BCUT2D eigenvalue weighted by molar-refractivity contribution is 6.21. The topological polar surface area (TPSA) is 104 Å². The van der Waals surface area contributed by atoms with Crippen LogP contribution >= 0.6 is 0 Å². The molecule has 0 radical (unpaired) electrons. The number of methoxy groups -OCH3 is 1. The molecule has 3 aliphatic rings. The predicted molar refractivity (Wildman–Crippen MR) is 126 cm³/mol. The molecule has 0 spiro atoms. The molecule has 0 bridgehead atoms. The molecule has 0 unspecified atom stereocenters. The van der Waals surface area contributed by atoms with Crippen molar-refractivity contribution >= 4 is 23.7 Å². The molecule has 1 fully saturated rings. The van der Waals surface area contributed by atoms with Crippen LogP contribution in [0.1, 0.15) is 63.6 Å². The molecule has 1 saturated carbocycles. The third kappa shape index (κ3) is 3.96. The fourth-order valence-electron chi connectivity index (χ4n) is 5.78. The zero-order valence-corrected chi connectivity index (χ0v) is 19.6. The third-order valence-corrected chi connectivity index (χ3v) is 7.63. The van der Waals surface area contributed by atoms with Gasteiger partial charge in [0, 0.05) is 6.54 Å². The SMILES string of the molecule is COc1ccc2c(c1)[C@@H](CN1C(=O)c3ccccc3C1=O)N(C(=O)[C@@H]1CCCC[C@@H]1C(=O)O)CC2. The third-order valence-electron chi connectivity index (χ3n) is 7.63. The van der Waals surface area contributed by atoms with Crippen molar-refractivity contribution in [3.05, 3.63) is 64.7 Å². The number of carbonyl (C=O) groups excluding carboxylic acids is 3. The molecule has 3 atom stereocenters. The first-order chi connectivity index (χ1) is 16.9. The van der Waals surface area contributed by atoms with Crippen LogP contribution in [0.25, 0.3) is 0 Å². The number of benzene rings is 2.